The van der Waals surface area contributed by atoms with Crippen LogP contribution in [0, 0.1) is 5.92 Å². The van der Waals surface area contributed by atoms with Crippen molar-refractivity contribution < 1.29 is 9.90 Å². The molecule has 0 bridgehead atoms. The first-order valence-corrected chi connectivity index (χ1v) is 10.4. The zero-order chi connectivity index (χ0) is 20.3. The second-order valence-electron chi connectivity index (χ2n) is 8.15. The Morgan fingerprint density at radius 3 is 2.55 bits per heavy atom. The molecule has 148 valence electrons. The average molecular weight is 407 g/mol. The van der Waals surface area contributed by atoms with Crippen LogP contribution in [0.1, 0.15) is 42.8 Å². The number of nitrogens with one attached hydrogen (secondary N) is 1. The van der Waals surface area contributed by atoms with Crippen molar-refractivity contribution in [3.05, 3.63) is 82.0 Å². The first-order valence-electron chi connectivity index (χ1n) is 10.00. The standard InChI is InChI=1S/C24H23ClN2O2/c1-13-20(25)14(2)23-21-17(16-10-6-7-11-18(16)26-21)12-19(24(28)29)27(23)22(13)15-8-4-3-5-9-15/h3-11,13,19,22-23,26H,12H2,1-2H3,(H,28,29)/t13-,19-,22-,23+/m0/s1. The molecule has 2 aromatic carbocycles. The number of carboxylic acid groups (broad SMARTS) is 1. The maximum atomic E-state index is 12.4. The van der Waals surface area contributed by atoms with Gasteiger partial charge in [-0.3, -0.25) is 9.69 Å². The van der Waals surface area contributed by atoms with E-state index in [0.29, 0.717) is 6.42 Å². The van der Waals surface area contributed by atoms with Gasteiger partial charge in [0.05, 0.1) is 6.04 Å². The average Bonchev–Trinajstić information content (AvgIpc) is 3.10. The summed E-state index contributed by atoms with van der Waals surface area (Å²) in [6.07, 6.45) is 0.478. The van der Waals surface area contributed by atoms with Gasteiger partial charge in [-0.25, -0.2) is 0 Å². The predicted octanol–water partition coefficient (Wildman–Crippen LogP) is 5.42. The van der Waals surface area contributed by atoms with Crippen LogP contribution in [0.15, 0.2) is 65.2 Å². The van der Waals surface area contributed by atoms with Crippen molar-refractivity contribution in [3.63, 3.8) is 0 Å². The number of halogens is 1. The van der Waals surface area contributed by atoms with Gasteiger partial charge in [-0.2, -0.15) is 0 Å². The topological polar surface area (TPSA) is 56.3 Å². The fourth-order valence-corrected chi connectivity index (χ4v) is 5.53. The van der Waals surface area contributed by atoms with Crippen LogP contribution in [0.3, 0.4) is 0 Å². The number of hydrogen-bond donors (Lipinski definition) is 2. The van der Waals surface area contributed by atoms with Crippen LogP contribution in [0.25, 0.3) is 10.9 Å². The molecule has 5 rings (SSSR count). The summed E-state index contributed by atoms with van der Waals surface area (Å²) < 4.78 is 0. The number of aromatic nitrogens is 1. The molecule has 0 fully saturated rings. The summed E-state index contributed by atoms with van der Waals surface area (Å²) in [4.78, 5) is 18.2. The lowest BCUT2D eigenvalue weighted by atomic mass is 9.77. The Balaban J connectivity index is 1.78. The molecule has 0 amide bonds. The van der Waals surface area contributed by atoms with E-state index in [1.165, 1.54) is 0 Å². The number of aromatic amines is 1. The Kier molecular flexibility index (Phi) is 4.30. The summed E-state index contributed by atoms with van der Waals surface area (Å²) in [6, 6.07) is 17.4. The van der Waals surface area contributed by atoms with Gasteiger partial charge < -0.3 is 10.1 Å². The third-order valence-corrected chi connectivity index (χ3v) is 7.23. The molecule has 0 spiro atoms. The number of nitrogens with zero attached hydrogens (tertiary/aromatic N) is 1. The van der Waals surface area contributed by atoms with Crippen molar-refractivity contribution in [1.82, 2.24) is 9.88 Å². The zero-order valence-electron chi connectivity index (χ0n) is 16.4. The minimum Gasteiger partial charge on any atom is -0.480 e. The van der Waals surface area contributed by atoms with E-state index >= 15 is 0 Å². The van der Waals surface area contributed by atoms with Crippen LogP contribution < -0.4 is 0 Å². The molecule has 1 aromatic heterocycles. The summed E-state index contributed by atoms with van der Waals surface area (Å²) in [6.45, 7) is 4.14. The van der Waals surface area contributed by atoms with E-state index in [1.807, 2.05) is 37.3 Å². The molecule has 0 unspecified atom stereocenters. The summed E-state index contributed by atoms with van der Waals surface area (Å²) in [5.74, 6) is -0.770. The molecule has 5 heteroatoms. The molecule has 0 radical (unpaired) electrons. The fourth-order valence-electron chi connectivity index (χ4n) is 5.31. The van der Waals surface area contributed by atoms with Crippen LogP contribution in [0.2, 0.25) is 0 Å². The number of rotatable bonds is 2. The van der Waals surface area contributed by atoms with E-state index in [-0.39, 0.29) is 18.0 Å². The molecule has 2 N–H and O–H groups in total. The van der Waals surface area contributed by atoms with Gasteiger partial charge in [0, 0.05) is 40.0 Å². The lowest BCUT2D eigenvalue weighted by Gasteiger charge is -2.50. The van der Waals surface area contributed by atoms with Gasteiger partial charge in [-0.15, -0.1) is 0 Å². The lowest BCUT2D eigenvalue weighted by molar-refractivity contribution is -0.147. The molecule has 29 heavy (non-hydrogen) atoms. The van der Waals surface area contributed by atoms with E-state index in [0.717, 1.165) is 38.3 Å². The maximum Gasteiger partial charge on any atom is 0.321 e. The highest BCUT2D eigenvalue weighted by molar-refractivity contribution is 6.30. The smallest absolute Gasteiger partial charge is 0.321 e. The highest BCUT2D eigenvalue weighted by Gasteiger charge is 2.49. The number of H-pyrrole nitrogens is 1. The van der Waals surface area contributed by atoms with Gasteiger partial charge in [0.25, 0.3) is 0 Å². The van der Waals surface area contributed by atoms with Crippen LogP contribution >= 0.6 is 11.6 Å². The quantitative estimate of drug-likeness (QED) is 0.597. The summed E-state index contributed by atoms with van der Waals surface area (Å²) in [7, 11) is 0. The van der Waals surface area contributed by atoms with Crippen molar-refractivity contribution >= 4 is 28.5 Å². The van der Waals surface area contributed by atoms with Gasteiger partial charge in [0.1, 0.15) is 6.04 Å². The third kappa shape index (κ3) is 2.66. The molecule has 2 aliphatic rings. The Hall–Kier alpha value is -2.56. The van der Waals surface area contributed by atoms with Crippen molar-refractivity contribution in [2.45, 2.75) is 38.4 Å². The molecule has 3 heterocycles. The van der Waals surface area contributed by atoms with Gasteiger partial charge in [0.2, 0.25) is 0 Å². The van der Waals surface area contributed by atoms with Crippen LogP contribution in [0.4, 0.5) is 0 Å². The Bertz CT molecular complexity index is 1130. The Morgan fingerprint density at radius 1 is 1.14 bits per heavy atom. The van der Waals surface area contributed by atoms with E-state index in [4.69, 9.17) is 11.6 Å². The molecule has 4 nitrogen and oxygen atoms in total. The molecule has 4 atom stereocenters. The number of hydrogen-bond acceptors (Lipinski definition) is 2. The van der Waals surface area contributed by atoms with Crippen LogP contribution in [-0.2, 0) is 11.2 Å². The molecule has 2 aliphatic heterocycles. The molecule has 0 aliphatic carbocycles. The number of fused-ring (bicyclic) bond motifs is 5. The van der Waals surface area contributed by atoms with Crippen molar-refractivity contribution in [3.8, 4) is 0 Å². The Labute approximate surface area is 174 Å². The largest absolute Gasteiger partial charge is 0.480 e. The lowest BCUT2D eigenvalue weighted by Crippen LogP contribution is -2.53. The molecular weight excluding hydrogens is 384 g/mol. The van der Waals surface area contributed by atoms with Crippen LogP contribution in [-0.4, -0.2) is 27.0 Å². The third-order valence-electron chi connectivity index (χ3n) is 6.58. The zero-order valence-corrected chi connectivity index (χ0v) is 17.1. The van der Waals surface area contributed by atoms with Gasteiger partial charge >= 0.3 is 5.97 Å². The van der Waals surface area contributed by atoms with Crippen LogP contribution in [0.5, 0.6) is 0 Å². The summed E-state index contributed by atoms with van der Waals surface area (Å²) in [5, 5.41) is 12.1. The van der Waals surface area contributed by atoms with E-state index in [9.17, 15) is 9.90 Å². The molecule has 3 aromatic rings. The van der Waals surface area contributed by atoms with Crippen molar-refractivity contribution in [2.75, 3.05) is 0 Å². The van der Waals surface area contributed by atoms with Crippen molar-refractivity contribution in [1.29, 1.82) is 0 Å². The number of para-hydroxylation sites is 1. The predicted molar refractivity (Wildman–Crippen MR) is 115 cm³/mol. The first kappa shape index (κ1) is 18.5. The van der Waals surface area contributed by atoms with E-state index in [1.54, 1.807) is 0 Å². The minimum atomic E-state index is -0.787. The van der Waals surface area contributed by atoms with Gasteiger partial charge in [-0.1, -0.05) is 67.1 Å². The number of carbonyl (C=O) groups is 1. The number of benzene rings is 2. The number of aliphatic carboxylic acids is 1. The second kappa shape index (κ2) is 6.75. The molecule has 0 saturated carbocycles. The normalized spacial score (nSPS) is 27.0. The fraction of sp³-hybridized carbons (Fsp3) is 0.292. The first-order chi connectivity index (χ1) is 14.0. The van der Waals surface area contributed by atoms with E-state index < -0.39 is 12.0 Å². The van der Waals surface area contributed by atoms with Gasteiger partial charge in [0.15, 0.2) is 0 Å². The SMILES string of the molecule is CC1=C(Cl)[C@H](C)[C@@H](c2ccccc2)N2[C@H]1c1[nH]c3ccccc3c1C[C@H]2C(=O)O. The minimum absolute atomic E-state index is 0.0168. The maximum absolute atomic E-state index is 12.4. The van der Waals surface area contributed by atoms with Gasteiger partial charge in [-0.05, 0) is 29.7 Å². The Morgan fingerprint density at radius 2 is 1.83 bits per heavy atom. The highest BCUT2D eigenvalue weighted by Crippen LogP contribution is 2.53. The van der Waals surface area contributed by atoms with E-state index in [2.05, 4.69) is 41.1 Å². The van der Waals surface area contributed by atoms with Crippen molar-refractivity contribution in [2.24, 2.45) is 5.92 Å². The molecular formula is C24H23ClN2O2. The highest BCUT2D eigenvalue weighted by atomic mass is 35.5. The number of carboxylic acids is 1. The monoisotopic (exact) mass is 406 g/mol. The summed E-state index contributed by atoms with van der Waals surface area (Å²) >= 11 is 6.87. The molecule has 0 saturated heterocycles. The summed E-state index contributed by atoms with van der Waals surface area (Å²) in [5.41, 5.74) is 5.35. The second-order valence-corrected chi connectivity index (χ2v) is 8.55.